The summed E-state index contributed by atoms with van der Waals surface area (Å²) in [5.74, 6) is -6.88. The Labute approximate surface area is 134 Å². The number of halogens is 4. The van der Waals surface area contributed by atoms with Crippen LogP contribution in [-0.4, -0.2) is 18.3 Å². The van der Waals surface area contributed by atoms with Crippen molar-refractivity contribution in [2.45, 2.75) is 57.8 Å². The van der Waals surface area contributed by atoms with Gasteiger partial charge in [-0.3, -0.25) is 0 Å². The Bertz CT molecular complexity index is 440. The van der Waals surface area contributed by atoms with Gasteiger partial charge in [-0.25, -0.2) is 8.78 Å². The van der Waals surface area contributed by atoms with E-state index in [9.17, 15) is 17.6 Å². The lowest BCUT2D eigenvalue weighted by molar-refractivity contribution is 0.263. The van der Waals surface area contributed by atoms with Crippen molar-refractivity contribution in [2.75, 3.05) is 13.2 Å². The summed E-state index contributed by atoms with van der Waals surface area (Å²) < 4.78 is 57.4. The second-order valence-electron chi connectivity index (χ2n) is 5.55. The van der Waals surface area contributed by atoms with E-state index in [-0.39, 0.29) is 19.3 Å². The van der Waals surface area contributed by atoms with Crippen LogP contribution in [0.4, 0.5) is 17.6 Å². The molecular weight excluding hydrogens is 312 g/mol. The van der Waals surface area contributed by atoms with Crippen molar-refractivity contribution in [3.8, 4) is 5.75 Å². The molecule has 0 aliphatic rings. The first-order valence-corrected chi connectivity index (χ1v) is 8.14. The van der Waals surface area contributed by atoms with Gasteiger partial charge in [-0.05, 0) is 12.8 Å². The third-order valence-electron chi connectivity index (χ3n) is 3.62. The summed E-state index contributed by atoms with van der Waals surface area (Å²) in [6.45, 7) is 0.267. The van der Waals surface area contributed by atoms with Crippen molar-refractivity contribution < 1.29 is 27.4 Å². The van der Waals surface area contributed by atoms with Gasteiger partial charge in [0.25, 0.3) is 0 Å². The number of hydrogen-bond acceptors (Lipinski definition) is 2. The average Bonchev–Trinajstić information content (AvgIpc) is 2.53. The van der Waals surface area contributed by atoms with Crippen LogP contribution in [0.5, 0.6) is 5.75 Å². The van der Waals surface area contributed by atoms with E-state index in [2.05, 4.69) is 0 Å². The summed E-state index contributed by atoms with van der Waals surface area (Å²) in [4.78, 5) is 0. The molecule has 0 amide bonds. The molecule has 0 saturated heterocycles. The largest absolute Gasteiger partial charge is 0.487 e. The van der Waals surface area contributed by atoms with Crippen LogP contribution in [0.25, 0.3) is 0 Å². The Balaban J connectivity index is 2.12. The maximum atomic E-state index is 13.3. The zero-order valence-electron chi connectivity index (χ0n) is 13.2. The monoisotopic (exact) mass is 336 g/mol. The van der Waals surface area contributed by atoms with Crippen LogP contribution in [0.3, 0.4) is 0 Å². The van der Waals surface area contributed by atoms with E-state index < -0.39 is 29.0 Å². The summed E-state index contributed by atoms with van der Waals surface area (Å²) in [5.41, 5.74) is 0. The minimum absolute atomic E-state index is 0.0211. The molecule has 1 aromatic carbocycles. The molecule has 0 saturated carbocycles. The number of benzene rings is 1. The lowest BCUT2D eigenvalue weighted by Gasteiger charge is -2.09. The fraction of sp³-hybridized carbons (Fsp3) is 0.647. The summed E-state index contributed by atoms with van der Waals surface area (Å²) in [6, 6.07) is 0.165. The summed E-state index contributed by atoms with van der Waals surface area (Å²) >= 11 is 0. The van der Waals surface area contributed by atoms with E-state index in [1.165, 1.54) is 0 Å². The Morgan fingerprint density at radius 1 is 0.696 bits per heavy atom. The molecule has 2 nitrogen and oxygen atoms in total. The topological polar surface area (TPSA) is 29.5 Å². The van der Waals surface area contributed by atoms with E-state index in [0.717, 1.165) is 51.4 Å². The molecule has 0 unspecified atom stereocenters. The molecule has 1 N–H and O–H groups in total. The van der Waals surface area contributed by atoms with E-state index >= 15 is 0 Å². The number of unbranched alkanes of at least 4 members (excludes halogenated alkanes) is 8. The second kappa shape index (κ2) is 11.3. The number of aliphatic hydroxyl groups excluding tert-OH is 1. The SMILES string of the molecule is OCCCCCCCCCCCOc1c(F)c(F)cc(F)c1F. The van der Waals surface area contributed by atoms with Crippen LogP contribution in [0.1, 0.15) is 57.8 Å². The highest BCUT2D eigenvalue weighted by atomic mass is 19.2. The molecule has 1 rings (SSSR count). The van der Waals surface area contributed by atoms with Crippen LogP contribution < -0.4 is 4.74 Å². The van der Waals surface area contributed by atoms with Crippen LogP contribution in [0, 0.1) is 23.3 Å². The highest BCUT2D eigenvalue weighted by Crippen LogP contribution is 2.26. The molecule has 0 aromatic heterocycles. The molecule has 0 radical (unpaired) electrons. The van der Waals surface area contributed by atoms with Gasteiger partial charge in [0.1, 0.15) is 0 Å². The van der Waals surface area contributed by atoms with Gasteiger partial charge in [0.2, 0.25) is 11.6 Å². The van der Waals surface area contributed by atoms with Gasteiger partial charge in [0, 0.05) is 12.7 Å². The summed E-state index contributed by atoms with van der Waals surface area (Å²) in [7, 11) is 0. The third-order valence-corrected chi connectivity index (χ3v) is 3.62. The Morgan fingerprint density at radius 3 is 1.61 bits per heavy atom. The van der Waals surface area contributed by atoms with Crippen molar-refractivity contribution in [2.24, 2.45) is 0 Å². The Hall–Kier alpha value is -1.30. The molecule has 0 atom stereocenters. The van der Waals surface area contributed by atoms with Crippen molar-refractivity contribution in [3.63, 3.8) is 0 Å². The zero-order chi connectivity index (χ0) is 17.1. The van der Waals surface area contributed by atoms with Crippen LogP contribution in [0.15, 0.2) is 6.07 Å². The molecule has 0 fully saturated rings. The molecule has 0 aliphatic carbocycles. The minimum Gasteiger partial charge on any atom is -0.487 e. The molecule has 6 heteroatoms. The van der Waals surface area contributed by atoms with Gasteiger partial charge in [0.05, 0.1) is 6.61 Å². The predicted octanol–water partition coefficient (Wildman–Crippen LogP) is 5.13. The summed E-state index contributed by atoms with van der Waals surface area (Å²) in [6.07, 6.45) is 8.71. The lowest BCUT2D eigenvalue weighted by Crippen LogP contribution is -2.05. The van der Waals surface area contributed by atoms with Gasteiger partial charge in [0.15, 0.2) is 17.4 Å². The second-order valence-corrected chi connectivity index (χ2v) is 5.55. The number of aliphatic hydroxyl groups is 1. The fourth-order valence-corrected chi connectivity index (χ4v) is 2.30. The molecular formula is C17H24F4O2. The number of hydrogen-bond donors (Lipinski definition) is 1. The summed E-state index contributed by atoms with van der Waals surface area (Å²) in [5, 5.41) is 8.64. The molecule has 23 heavy (non-hydrogen) atoms. The van der Waals surface area contributed by atoms with E-state index in [0.29, 0.717) is 6.42 Å². The zero-order valence-corrected chi connectivity index (χ0v) is 13.2. The van der Waals surface area contributed by atoms with Crippen LogP contribution >= 0.6 is 0 Å². The van der Waals surface area contributed by atoms with Gasteiger partial charge in [-0.2, -0.15) is 8.78 Å². The van der Waals surface area contributed by atoms with Gasteiger partial charge < -0.3 is 9.84 Å². The average molecular weight is 336 g/mol. The first-order chi connectivity index (χ1) is 11.1. The third kappa shape index (κ3) is 7.20. The fourth-order valence-electron chi connectivity index (χ4n) is 2.30. The highest BCUT2D eigenvalue weighted by molar-refractivity contribution is 5.28. The van der Waals surface area contributed by atoms with Crippen molar-refractivity contribution in [1.29, 1.82) is 0 Å². The molecule has 1 aromatic rings. The van der Waals surface area contributed by atoms with Crippen LogP contribution in [-0.2, 0) is 0 Å². The normalized spacial score (nSPS) is 11.0. The first-order valence-electron chi connectivity index (χ1n) is 8.14. The smallest absolute Gasteiger partial charge is 0.203 e. The standard InChI is InChI=1S/C17H24F4O2/c18-13-12-14(19)16(21)17(15(13)20)23-11-9-7-5-3-1-2-4-6-8-10-22/h12,22H,1-11H2. The maximum Gasteiger partial charge on any atom is 0.203 e. The van der Waals surface area contributed by atoms with E-state index in [4.69, 9.17) is 9.84 Å². The van der Waals surface area contributed by atoms with Crippen LogP contribution in [0.2, 0.25) is 0 Å². The van der Waals surface area contributed by atoms with Gasteiger partial charge >= 0.3 is 0 Å². The molecule has 0 spiro atoms. The number of rotatable bonds is 12. The Kier molecular flexibility index (Phi) is 9.67. The quantitative estimate of drug-likeness (QED) is 0.326. The van der Waals surface area contributed by atoms with Gasteiger partial charge in [-0.15, -0.1) is 0 Å². The first kappa shape index (κ1) is 19.7. The Morgan fingerprint density at radius 2 is 1.13 bits per heavy atom. The lowest BCUT2D eigenvalue weighted by atomic mass is 10.1. The molecule has 0 bridgehead atoms. The molecule has 0 aliphatic heterocycles. The maximum absolute atomic E-state index is 13.3. The van der Waals surface area contributed by atoms with E-state index in [1.807, 2.05) is 0 Å². The molecule has 0 heterocycles. The highest BCUT2D eigenvalue weighted by Gasteiger charge is 2.20. The van der Waals surface area contributed by atoms with Crippen molar-refractivity contribution in [1.82, 2.24) is 0 Å². The molecule has 132 valence electrons. The van der Waals surface area contributed by atoms with Crippen molar-refractivity contribution in [3.05, 3.63) is 29.3 Å². The van der Waals surface area contributed by atoms with Crippen molar-refractivity contribution >= 4 is 0 Å². The number of ether oxygens (including phenoxy) is 1. The van der Waals surface area contributed by atoms with E-state index in [1.54, 1.807) is 0 Å². The predicted molar refractivity (Wildman–Crippen MR) is 80.4 cm³/mol. The van der Waals surface area contributed by atoms with Gasteiger partial charge in [-0.1, -0.05) is 44.9 Å². The minimum atomic E-state index is -1.49.